The van der Waals surface area contributed by atoms with Crippen LogP contribution < -0.4 is 4.90 Å². The highest BCUT2D eigenvalue weighted by atomic mass is 32.2. The predicted molar refractivity (Wildman–Crippen MR) is 127 cm³/mol. The molecule has 0 N–H and O–H groups in total. The summed E-state index contributed by atoms with van der Waals surface area (Å²) in [6, 6.07) is 13.9. The van der Waals surface area contributed by atoms with Gasteiger partial charge in [0.25, 0.3) is 0 Å². The Balaban J connectivity index is 1.73. The zero-order valence-corrected chi connectivity index (χ0v) is 20.8. The molecule has 3 aromatic rings. The fraction of sp³-hybridized carbons (Fsp3) is 0.333. The third kappa shape index (κ3) is 3.93. The van der Waals surface area contributed by atoms with Crippen LogP contribution in [0.15, 0.2) is 77.7 Å². The molecule has 1 saturated heterocycles. The van der Waals surface area contributed by atoms with E-state index in [4.69, 9.17) is 0 Å². The Morgan fingerprint density at radius 2 is 1.44 bits per heavy atom. The van der Waals surface area contributed by atoms with E-state index in [-0.39, 0.29) is 41.8 Å². The largest absolute Gasteiger partial charge is 0.435 e. The average molecular weight is 576 g/mol. The first-order valence-electron chi connectivity index (χ1n) is 11.9. The van der Waals surface area contributed by atoms with Crippen LogP contribution in [0.4, 0.5) is 40.8 Å². The van der Waals surface area contributed by atoms with Gasteiger partial charge >= 0.3 is 18.0 Å². The summed E-state index contributed by atoms with van der Waals surface area (Å²) in [4.78, 5) is 1.61. The zero-order valence-electron chi connectivity index (χ0n) is 20.0. The van der Waals surface area contributed by atoms with E-state index in [1.807, 2.05) is 4.90 Å². The second kappa shape index (κ2) is 8.94. The highest BCUT2D eigenvalue weighted by Gasteiger charge is 2.73. The minimum atomic E-state index is -6.30. The summed E-state index contributed by atoms with van der Waals surface area (Å²) in [7, 11) is -4.38. The number of benzene rings is 3. The highest BCUT2D eigenvalue weighted by Crippen LogP contribution is 2.57. The number of para-hydroxylation sites is 1. The van der Waals surface area contributed by atoms with Crippen LogP contribution in [-0.2, 0) is 26.7 Å². The minimum Gasteiger partial charge on any atom is -0.367 e. The van der Waals surface area contributed by atoms with Crippen LogP contribution in [0.2, 0.25) is 0 Å². The van der Waals surface area contributed by atoms with Crippen LogP contribution in [0.3, 0.4) is 0 Å². The van der Waals surface area contributed by atoms with E-state index >= 15 is 0 Å². The quantitative estimate of drug-likeness (QED) is 0.248. The number of aryl methyl sites for hydroxylation is 1. The van der Waals surface area contributed by atoms with E-state index in [9.17, 15) is 43.5 Å². The molecule has 0 radical (unpaired) electrons. The van der Waals surface area contributed by atoms with Gasteiger partial charge in [-0.2, -0.15) is 26.3 Å². The SMILES string of the molecule is O=S(=O)(c1ccc(F)cc1)[C@@]12CCN(c3ccccc3)[C@@H]1CCc1cc(C(F)(C(F)(F)F)C(F)(F)F)ccc12. The van der Waals surface area contributed by atoms with Crippen LogP contribution >= 0.6 is 0 Å². The zero-order chi connectivity index (χ0) is 28.4. The second-order valence-corrected chi connectivity index (χ2v) is 11.9. The lowest BCUT2D eigenvalue weighted by Gasteiger charge is -2.43. The normalized spacial score (nSPS) is 21.9. The van der Waals surface area contributed by atoms with Crippen molar-refractivity contribution in [3.05, 3.63) is 95.3 Å². The molecule has 2 aliphatic rings. The van der Waals surface area contributed by atoms with Gasteiger partial charge in [0, 0.05) is 17.8 Å². The van der Waals surface area contributed by atoms with E-state index in [0.29, 0.717) is 17.8 Å². The number of hydrogen-bond acceptors (Lipinski definition) is 3. The monoisotopic (exact) mass is 575 g/mol. The molecule has 1 fully saturated rings. The molecule has 3 nitrogen and oxygen atoms in total. The van der Waals surface area contributed by atoms with Gasteiger partial charge in [-0.15, -0.1) is 0 Å². The van der Waals surface area contributed by atoms with Gasteiger partial charge in [0.05, 0.1) is 10.9 Å². The lowest BCUT2D eigenvalue weighted by molar-refractivity contribution is -0.348. The summed E-state index contributed by atoms with van der Waals surface area (Å²) in [6.07, 6.45) is -12.7. The molecule has 1 heterocycles. The van der Waals surface area contributed by atoms with Gasteiger partial charge in [0.2, 0.25) is 0 Å². The third-order valence-electron chi connectivity index (χ3n) is 7.76. The third-order valence-corrected chi connectivity index (χ3v) is 10.3. The first-order chi connectivity index (χ1) is 18.1. The molecule has 1 aliphatic carbocycles. The van der Waals surface area contributed by atoms with Crippen LogP contribution in [0.5, 0.6) is 0 Å². The van der Waals surface area contributed by atoms with Crippen molar-refractivity contribution in [3.8, 4) is 0 Å². The Kier molecular flexibility index (Phi) is 6.28. The number of hydrogen-bond donors (Lipinski definition) is 0. The van der Waals surface area contributed by atoms with Gasteiger partial charge in [-0.1, -0.05) is 36.4 Å². The molecule has 1 aliphatic heterocycles. The molecule has 0 bridgehead atoms. The number of fused-ring (bicyclic) bond motifs is 3. The summed E-state index contributed by atoms with van der Waals surface area (Å²) in [6.45, 7) is 0.217. The Hall–Kier alpha value is -3.15. The van der Waals surface area contributed by atoms with Crippen molar-refractivity contribution >= 4 is 15.5 Å². The van der Waals surface area contributed by atoms with Crippen molar-refractivity contribution in [1.82, 2.24) is 0 Å². The lowest BCUT2D eigenvalue weighted by atomic mass is 9.76. The Labute approximate surface area is 219 Å². The van der Waals surface area contributed by atoms with Crippen LogP contribution in [0, 0.1) is 5.82 Å². The molecule has 0 aromatic heterocycles. The van der Waals surface area contributed by atoms with Crippen molar-refractivity contribution in [2.75, 3.05) is 11.4 Å². The molecule has 0 unspecified atom stereocenters. The van der Waals surface area contributed by atoms with Crippen LogP contribution in [-0.4, -0.2) is 33.4 Å². The summed E-state index contributed by atoms with van der Waals surface area (Å²) < 4.78 is 136. The second-order valence-electron chi connectivity index (χ2n) is 9.71. The molecular formula is C27H21F8NO2S. The number of halogens is 8. The van der Waals surface area contributed by atoms with Crippen LogP contribution in [0.25, 0.3) is 0 Å². The summed E-state index contributed by atoms with van der Waals surface area (Å²) >= 11 is 0. The molecule has 208 valence electrons. The molecular weight excluding hydrogens is 554 g/mol. The first-order valence-corrected chi connectivity index (χ1v) is 13.4. The lowest BCUT2D eigenvalue weighted by Crippen LogP contribution is -2.52. The number of rotatable bonds is 4. The van der Waals surface area contributed by atoms with Gasteiger partial charge in [0.15, 0.2) is 9.84 Å². The number of nitrogens with zero attached hydrogens (tertiary/aromatic N) is 1. The van der Waals surface area contributed by atoms with Crippen LogP contribution in [0.1, 0.15) is 29.5 Å². The molecule has 0 spiro atoms. The Bertz CT molecular complexity index is 1470. The van der Waals surface area contributed by atoms with Gasteiger partial charge in [0.1, 0.15) is 10.6 Å². The Morgan fingerprint density at radius 3 is 2.03 bits per heavy atom. The minimum absolute atomic E-state index is 0.0111. The fourth-order valence-electron chi connectivity index (χ4n) is 5.98. The molecule has 39 heavy (non-hydrogen) atoms. The maximum Gasteiger partial charge on any atom is 0.435 e. The van der Waals surface area contributed by atoms with Crippen molar-refractivity contribution in [2.45, 2.75) is 53.0 Å². The van der Waals surface area contributed by atoms with Crippen molar-refractivity contribution in [1.29, 1.82) is 0 Å². The highest BCUT2D eigenvalue weighted by molar-refractivity contribution is 7.92. The van der Waals surface area contributed by atoms with Gasteiger partial charge in [-0.05, 0) is 66.8 Å². The Morgan fingerprint density at radius 1 is 0.821 bits per heavy atom. The van der Waals surface area contributed by atoms with E-state index < -0.39 is 50.0 Å². The van der Waals surface area contributed by atoms with Crippen molar-refractivity contribution in [3.63, 3.8) is 0 Å². The first kappa shape index (κ1) is 27.4. The maximum atomic E-state index is 14.9. The van der Waals surface area contributed by atoms with E-state index in [1.54, 1.807) is 30.3 Å². The molecule has 12 heteroatoms. The van der Waals surface area contributed by atoms with Crippen molar-refractivity contribution < 1.29 is 43.5 Å². The number of alkyl halides is 7. The van der Waals surface area contributed by atoms with E-state index in [0.717, 1.165) is 30.3 Å². The summed E-state index contributed by atoms with van der Waals surface area (Å²) in [5.74, 6) is -0.687. The molecule has 0 saturated carbocycles. The topological polar surface area (TPSA) is 37.4 Å². The molecule has 5 rings (SSSR count). The summed E-state index contributed by atoms with van der Waals surface area (Å²) in [5, 5.41) is 0. The number of sulfone groups is 1. The fourth-order valence-corrected chi connectivity index (χ4v) is 8.35. The standard InChI is InChI=1S/C27H21F8NO2S/c28-19-8-10-21(11-9-19)39(37,38)24-14-15-36(20-4-2-1-3-5-20)23(24)13-6-17-16-18(7-12-22(17)24)25(29,26(30,31)32)27(33,34)35/h1-5,7-12,16,23H,6,13-15H2/t23-,24-/m1/s1. The summed E-state index contributed by atoms with van der Waals surface area (Å²) in [5.41, 5.74) is -6.71. The van der Waals surface area contributed by atoms with Gasteiger partial charge in [-0.3, -0.25) is 0 Å². The number of anilines is 1. The van der Waals surface area contributed by atoms with Gasteiger partial charge < -0.3 is 4.90 Å². The van der Waals surface area contributed by atoms with E-state index in [1.165, 1.54) is 0 Å². The average Bonchev–Trinajstić information content (AvgIpc) is 3.29. The molecule has 3 aromatic carbocycles. The predicted octanol–water partition coefficient (Wildman–Crippen LogP) is 7.01. The van der Waals surface area contributed by atoms with Gasteiger partial charge in [-0.25, -0.2) is 17.2 Å². The van der Waals surface area contributed by atoms with E-state index in [2.05, 4.69) is 0 Å². The maximum absolute atomic E-state index is 14.9. The van der Waals surface area contributed by atoms with Crippen molar-refractivity contribution in [2.24, 2.45) is 0 Å². The molecule has 2 atom stereocenters. The smallest absolute Gasteiger partial charge is 0.367 e. The molecule has 0 amide bonds.